The number of pyridine rings is 1. The second kappa shape index (κ2) is 6.40. The van der Waals surface area contributed by atoms with Crippen molar-refractivity contribution in [1.29, 1.82) is 5.26 Å². The SMILES string of the molecule is Cc1ccc(C(C#N)NCCN=[N+]=[N-])cn1. The second-order valence-electron chi connectivity index (χ2n) is 3.20. The van der Waals surface area contributed by atoms with Crippen molar-refractivity contribution in [1.82, 2.24) is 10.3 Å². The highest BCUT2D eigenvalue weighted by Crippen LogP contribution is 2.10. The average Bonchev–Trinajstić information content (AvgIpc) is 2.31. The summed E-state index contributed by atoms with van der Waals surface area (Å²) in [7, 11) is 0. The summed E-state index contributed by atoms with van der Waals surface area (Å²) in [4.78, 5) is 6.75. The fourth-order valence-corrected chi connectivity index (χ4v) is 1.19. The van der Waals surface area contributed by atoms with Crippen molar-refractivity contribution in [3.63, 3.8) is 0 Å². The molecule has 1 unspecified atom stereocenters. The van der Waals surface area contributed by atoms with Crippen LogP contribution in [0.5, 0.6) is 0 Å². The predicted molar refractivity (Wildman–Crippen MR) is 59.3 cm³/mol. The first-order chi connectivity index (χ1) is 7.77. The van der Waals surface area contributed by atoms with Crippen molar-refractivity contribution in [3.8, 4) is 6.07 Å². The third-order valence-corrected chi connectivity index (χ3v) is 2.02. The Labute approximate surface area is 93.6 Å². The Morgan fingerprint density at radius 3 is 3.06 bits per heavy atom. The lowest BCUT2D eigenvalue weighted by Gasteiger charge is -2.10. The topological polar surface area (TPSA) is 97.5 Å². The van der Waals surface area contributed by atoms with Gasteiger partial charge in [-0.2, -0.15) is 5.26 Å². The van der Waals surface area contributed by atoms with Crippen LogP contribution in [0.1, 0.15) is 17.3 Å². The molecule has 1 aromatic heterocycles. The number of aromatic nitrogens is 1. The third-order valence-electron chi connectivity index (χ3n) is 2.02. The molecule has 0 aromatic carbocycles. The minimum atomic E-state index is -0.415. The number of nitrogens with zero attached hydrogens (tertiary/aromatic N) is 5. The van der Waals surface area contributed by atoms with Crippen LogP contribution in [0.4, 0.5) is 0 Å². The van der Waals surface area contributed by atoms with Crippen molar-refractivity contribution in [2.45, 2.75) is 13.0 Å². The molecule has 0 spiro atoms. The van der Waals surface area contributed by atoms with Gasteiger partial charge in [-0.25, -0.2) is 0 Å². The molecule has 0 aliphatic carbocycles. The Morgan fingerprint density at radius 2 is 2.50 bits per heavy atom. The summed E-state index contributed by atoms with van der Waals surface area (Å²) in [5.41, 5.74) is 9.82. The van der Waals surface area contributed by atoms with Gasteiger partial charge >= 0.3 is 0 Å². The van der Waals surface area contributed by atoms with Crippen LogP contribution >= 0.6 is 0 Å². The maximum absolute atomic E-state index is 8.96. The van der Waals surface area contributed by atoms with E-state index in [2.05, 4.69) is 26.4 Å². The van der Waals surface area contributed by atoms with Crippen LogP contribution in [0.15, 0.2) is 23.4 Å². The van der Waals surface area contributed by atoms with Crippen LogP contribution in [0.3, 0.4) is 0 Å². The van der Waals surface area contributed by atoms with Crippen molar-refractivity contribution < 1.29 is 0 Å². The number of nitrogens with one attached hydrogen (secondary N) is 1. The third kappa shape index (κ3) is 3.58. The maximum Gasteiger partial charge on any atom is 0.122 e. The van der Waals surface area contributed by atoms with E-state index in [-0.39, 0.29) is 0 Å². The zero-order valence-corrected chi connectivity index (χ0v) is 8.96. The van der Waals surface area contributed by atoms with Gasteiger partial charge in [0.25, 0.3) is 0 Å². The van der Waals surface area contributed by atoms with Crippen LogP contribution < -0.4 is 5.32 Å². The number of hydrogen-bond acceptors (Lipinski definition) is 4. The summed E-state index contributed by atoms with van der Waals surface area (Å²) in [5, 5.41) is 15.3. The van der Waals surface area contributed by atoms with E-state index in [1.54, 1.807) is 6.20 Å². The van der Waals surface area contributed by atoms with E-state index in [0.717, 1.165) is 11.3 Å². The van der Waals surface area contributed by atoms with E-state index >= 15 is 0 Å². The lowest BCUT2D eigenvalue weighted by atomic mass is 10.1. The van der Waals surface area contributed by atoms with Gasteiger partial charge < -0.3 is 0 Å². The molecule has 1 N–H and O–H groups in total. The lowest BCUT2D eigenvalue weighted by molar-refractivity contribution is 0.633. The summed E-state index contributed by atoms with van der Waals surface area (Å²) < 4.78 is 0. The summed E-state index contributed by atoms with van der Waals surface area (Å²) in [6.07, 6.45) is 1.67. The molecule has 6 heteroatoms. The van der Waals surface area contributed by atoms with E-state index in [9.17, 15) is 0 Å². The van der Waals surface area contributed by atoms with E-state index < -0.39 is 6.04 Å². The highest BCUT2D eigenvalue weighted by atomic mass is 15.1. The molecule has 0 amide bonds. The Balaban J connectivity index is 2.57. The molecule has 1 rings (SSSR count). The van der Waals surface area contributed by atoms with Crippen LogP contribution in [-0.4, -0.2) is 18.1 Å². The van der Waals surface area contributed by atoms with Crippen LogP contribution in [0.25, 0.3) is 10.4 Å². The molecule has 1 aromatic rings. The van der Waals surface area contributed by atoms with Crippen molar-refractivity contribution in [2.24, 2.45) is 5.11 Å². The van der Waals surface area contributed by atoms with Crippen LogP contribution in [-0.2, 0) is 0 Å². The van der Waals surface area contributed by atoms with E-state index in [1.807, 2.05) is 19.1 Å². The quantitative estimate of drug-likeness (QED) is 0.352. The second-order valence-corrected chi connectivity index (χ2v) is 3.20. The molecule has 1 atom stereocenters. The number of rotatable bonds is 5. The van der Waals surface area contributed by atoms with Gasteiger partial charge in [-0.15, -0.1) is 0 Å². The number of hydrogen-bond donors (Lipinski definition) is 1. The standard InChI is InChI=1S/C10H12N6/c1-8-2-3-9(7-14-8)10(6-11)13-4-5-15-16-12/h2-3,7,10,13H,4-5H2,1H3. The average molecular weight is 216 g/mol. The molecule has 16 heavy (non-hydrogen) atoms. The summed E-state index contributed by atoms with van der Waals surface area (Å²) >= 11 is 0. The zero-order chi connectivity index (χ0) is 11.8. The van der Waals surface area contributed by atoms with E-state index in [1.165, 1.54) is 0 Å². The molecular weight excluding hydrogens is 204 g/mol. The zero-order valence-electron chi connectivity index (χ0n) is 8.96. The van der Waals surface area contributed by atoms with Crippen LogP contribution in [0, 0.1) is 18.3 Å². The Hall–Kier alpha value is -2.09. The predicted octanol–water partition coefficient (Wildman–Crippen LogP) is 1.85. The number of nitriles is 1. The van der Waals surface area contributed by atoms with Gasteiger partial charge in [0, 0.05) is 35.5 Å². The minimum absolute atomic E-state index is 0.327. The highest BCUT2D eigenvalue weighted by molar-refractivity contribution is 5.22. The molecule has 0 radical (unpaired) electrons. The monoisotopic (exact) mass is 216 g/mol. The number of azide groups is 1. The number of aryl methyl sites for hydroxylation is 1. The summed E-state index contributed by atoms with van der Waals surface area (Å²) in [6, 6.07) is 5.43. The van der Waals surface area contributed by atoms with Crippen LogP contribution in [0.2, 0.25) is 0 Å². The van der Waals surface area contributed by atoms with Crippen molar-refractivity contribution in [2.75, 3.05) is 13.1 Å². The van der Waals surface area contributed by atoms with E-state index in [0.29, 0.717) is 13.1 Å². The van der Waals surface area contributed by atoms with Gasteiger partial charge in [0.05, 0.1) is 6.07 Å². The first kappa shape index (κ1) is 12.0. The van der Waals surface area contributed by atoms with Gasteiger partial charge in [0.2, 0.25) is 0 Å². The maximum atomic E-state index is 8.96. The van der Waals surface area contributed by atoms with Gasteiger partial charge in [-0.3, -0.25) is 10.3 Å². The molecule has 1 heterocycles. The molecule has 0 bridgehead atoms. The van der Waals surface area contributed by atoms with Gasteiger partial charge in [-0.05, 0) is 18.5 Å². The fraction of sp³-hybridized carbons (Fsp3) is 0.400. The molecule has 0 aliphatic heterocycles. The molecule has 0 saturated carbocycles. The molecule has 82 valence electrons. The van der Waals surface area contributed by atoms with Crippen molar-refractivity contribution in [3.05, 3.63) is 40.0 Å². The lowest BCUT2D eigenvalue weighted by Crippen LogP contribution is -2.22. The largest absolute Gasteiger partial charge is 0.298 e. The van der Waals surface area contributed by atoms with E-state index in [4.69, 9.17) is 10.8 Å². The van der Waals surface area contributed by atoms with Crippen molar-refractivity contribution >= 4 is 0 Å². The van der Waals surface area contributed by atoms with Gasteiger partial charge in [-0.1, -0.05) is 11.2 Å². The Morgan fingerprint density at radius 1 is 1.69 bits per heavy atom. The van der Waals surface area contributed by atoms with Gasteiger partial charge in [0.15, 0.2) is 0 Å². The smallest absolute Gasteiger partial charge is 0.122 e. The fourth-order valence-electron chi connectivity index (χ4n) is 1.19. The first-order valence-electron chi connectivity index (χ1n) is 4.84. The molecule has 0 fully saturated rings. The normalized spacial score (nSPS) is 11.2. The molecular formula is C10H12N6. The molecule has 6 nitrogen and oxygen atoms in total. The highest BCUT2D eigenvalue weighted by Gasteiger charge is 2.08. The summed E-state index contributed by atoms with van der Waals surface area (Å²) in [5.74, 6) is 0. The Kier molecular flexibility index (Phi) is 4.80. The minimum Gasteiger partial charge on any atom is -0.298 e. The van der Waals surface area contributed by atoms with Gasteiger partial charge in [0.1, 0.15) is 6.04 Å². The Bertz CT molecular complexity index is 412. The summed E-state index contributed by atoms with van der Waals surface area (Å²) in [6.45, 7) is 2.68. The first-order valence-corrected chi connectivity index (χ1v) is 4.84. The molecule has 0 aliphatic rings. The molecule has 0 saturated heterocycles.